The lowest BCUT2D eigenvalue weighted by molar-refractivity contribution is -0.126. The maximum Gasteiger partial charge on any atom is 0.245 e. The topological polar surface area (TPSA) is 95.9 Å². The van der Waals surface area contributed by atoms with Gasteiger partial charge in [0.15, 0.2) is 11.2 Å². The van der Waals surface area contributed by atoms with E-state index in [9.17, 15) is 4.79 Å². The summed E-state index contributed by atoms with van der Waals surface area (Å²) < 4.78 is 6.99. The molecule has 0 fully saturated rings. The van der Waals surface area contributed by atoms with Gasteiger partial charge in [0.2, 0.25) is 11.8 Å². The van der Waals surface area contributed by atoms with Crippen LogP contribution >= 0.6 is 11.6 Å². The quantitative estimate of drug-likeness (QED) is 0.847. The Balaban J connectivity index is 2.65. The van der Waals surface area contributed by atoms with Crippen LogP contribution in [-0.2, 0) is 11.3 Å². The van der Waals surface area contributed by atoms with Gasteiger partial charge in [0.1, 0.15) is 12.2 Å². The smallest absolute Gasteiger partial charge is 0.245 e. The Bertz CT molecular complexity index is 680. The van der Waals surface area contributed by atoms with Gasteiger partial charge in [-0.3, -0.25) is 4.79 Å². The number of primary amides is 1. The highest BCUT2D eigenvalue weighted by molar-refractivity contribution is 6.20. The molecule has 2 N–H and O–H groups in total. The Morgan fingerprint density at radius 3 is 2.71 bits per heavy atom. The molecule has 0 saturated carbocycles. The Kier molecular flexibility index (Phi) is 4.04. The van der Waals surface area contributed by atoms with Crippen molar-refractivity contribution in [2.45, 2.75) is 32.7 Å². The molecule has 2 rings (SSSR count). The number of carbonyl (C=O) groups is 1. The molecule has 1 unspecified atom stereocenters. The molecule has 114 valence electrons. The van der Waals surface area contributed by atoms with Crippen molar-refractivity contribution in [1.29, 1.82) is 0 Å². The third kappa shape index (κ3) is 2.78. The molecule has 0 aliphatic heterocycles. The van der Waals surface area contributed by atoms with Crippen molar-refractivity contribution in [3.05, 3.63) is 12.2 Å². The number of hydrogen-bond acceptors (Lipinski definition) is 5. The number of ether oxygens (including phenoxy) is 1. The van der Waals surface area contributed by atoms with E-state index in [1.807, 2.05) is 0 Å². The number of methoxy groups -OCH3 is 1. The zero-order valence-electron chi connectivity index (χ0n) is 12.4. The van der Waals surface area contributed by atoms with Crippen LogP contribution in [0.3, 0.4) is 0 Å². The third-order valence-electron chi connectivity index (χ3n) is 3.30. The number of fused-ring (bicyclic) bond motifs is 1. The van der Waals surface area contributed by atoms with Gasteiger partial charge >= 0.3 is 0 Å². The maximum absolute atomic E-state index is 11.6. The molecular formula is C13H18ClN5O2. The zero-order valence-corrected chi connectivity index (χ0v) is 13.2. The van der Waals surface area contributed by atoms with Gasteiger partial charge in [0.25, 0.3) is 0 Å². The molecule has 0 saturated heterocycles. The fourth-order valence-electron chi connectivity index (χ4n) is 2.01. The highest BCUT2D eigenvalue weighted by atomic mass is 35.5. The lowest BCUT2D eigenvalue weighted by Crippen LogP contribution is -2.35. The standard InChI is InChI=1S/C13H18ClN5O2/c1-7(14)9-18-8-10(16-6-17-11(8)21-4)19(9)5-13(2,3)12(15)20/h6-7H,5H2,1-4H3,(H2,15,20). The summed E-state index contributed by atoms with van der Waals surface area (Å²) in [6.07, 6.45) is 1.39. The second kappa shape index (κ2) is 5.48. The van der Waals surface area contributed by atoms with E-state index in [1.165, 1.54) is 13.4 Å². The fraction of sp³-hybridized carbons (Fsp3) is 0.538. The number of aromatic nitrogens is 4. The van der Waals surface area contributed by atoms with Crippen molar-refractivity contribution < 1.29 is 9.53 Å². The first kappa shape index (κ1) is 15.5. The SMILES string of the molecule is COc1ncnc2c1nc(C(C)Cl)n2CC(C)(C)C(N)=O. The van der Waals surface area contributed by atoms with Crippen LogP contribution in [0.15, 0.2) is 6.33 Å². The first-order valence-electron chi connectivity index (χ1n) is 6.47. The highest BCUT2D eigenvalue weighted by Crippen LogP contribution is 2.30. The minimum absolute atomic E-state index is 0.325. The number of carbonyl (C=O) groups excluding carboxylic acids is 1. The van der Waals surface area contributed by atoms with E-state index in [2.05, 4.69) is 15.0 Å². The molecule has 1 atom stereocenters. The first-order chi connectivity index (χ1) is 9.77. The molecule has 7 nitrogen and oxygen atoms in total. The van der Waals surface area contributed by atoms with Gasteiger partial charge in [-0.25, -0.2) is 9.97 Å². The molecule has 0 aromatic carbocycles. The van der Waals surface area contributed by atoms with Crippen LogP contribution in [0, 0.1) is 5.41 Å². The maximum atomic E-state index is 11.6. The molecule has 21 heavy (non-hydrogen) atoms. The molecule has 0 spiro atoms. The van der Waals surface area contributed by atoms with E-state index in [0.29, 0.717) is 29.4 Å². The van der Waals surface area contributed by atoms with Crippen LogP contribution in [0.25, 0.3) is 11.2 Å². The average Bonchev–Trinajstić information content (AvgIpc) is 2.77. The Labute approximate surface area is 127 Å². The van der Waals surface area contributed by atoms with Crippen molar-refractivity contribution >= 4 is 28.7 Å². The Morgan fingerprint density at radius 1 is 1.52 bits per heavy atom. The molecular weight excluding hydrogens is 294 g/mol. The second-order valence-electron chi connectivity index (χ2n) is 5.48. The number of halogens is 1. The molecule has 8 heteroatoms. The molecule has 2 aromatic heterocycles. The van der Waals surface area contributed by atoms with E-state index in [1.54, 1.807) is 25.3 Å². The summed E-state index contributed by atoms with van der Waals surface area (Å²) in [4.78, 5) is 24.3. The summed E-state index contributed by atoms with van der Waals surface area (Å²) in [6.45, 7) is 5.66. The van der Waals surface area contributed by atoms with E-state index < -0.39 is 11.3 Å². The van der Waals surface area contributed by atoms with Gasteiger partial charge in [-0.15, -0.1) is 11.6 Å². The summed E-state index contributed by atoms with van der Waals surface area (Å²) in [5.74, 6) is 0.563. The lowest BCUT2D eigenvalue weighted by Gasteiger charge is -2.22. The molecule has 2 heterocycles. The van der Waals surface area contributed by atoms with Crippen LogP contribution in [0.4, 0.5) is 0 Å². The number of nitrogens with zero attached hydrogens (tertiary/aromatic N) is 4. The number of hydrogen-bond donors (Lipinski definition) is 1. The monoisotopic (exact) mass is 311 g/mol. The number of amides is 1. The number of nitrogens with two attached hydrogens (primary N) is 1. The van der Waals surface area contributed by atoms with Crippen LogP contribution < -0.4 is 10.5 Å². The summed E-state index contributed by atoms with van der Waals surface area (Å²) >= 11 is 6.20. The largest absolute Gasteiger partial charge is 0.479 e. The predicted molar refractivity (Wildman–Crippen MR) is 79.1 cm³/mol. The van der Waals surface area contributed by atoms with Crippen LogP contribution in [-0.4, -0.2) is 32.5 Å². The molecule has 0 aliphatic rings. The van der Waals surface area contributed by atoms with Gasteiger partial charge in [-0.2, -0.15) is 4.98 Å². The van der Waals surface area contributed by atoms with Crippen molar-refractivity contribution in [2.75, 3.05) is 7.11 Å². The zero-order chi connectivity index (χ0) is 15.8. The molecule has 1 amide bonds. The molecule has 0 aliphatic carbocycles. The van der Waals surface area contributed by atoms with Gasteiger partial charge < -0.3 is 15.0 Å². The summed E-state index contributed by atoms with van der Waals surface area (Å²) in [5, 5.41) is -0.354. The highest BCUT2D eigenvalue weighted by Gasteiger charge is 2.29. The van der Waals surface area contributed by atoms with E-state index in [4.69, 9.17) is 22.1 Å². The average molecular weight is 312 g/mol. The van der Waals surface area contributed by atoms with Crippen molar-refractivity contribution in [3.63, 3.8) is 0 Å². The minimum atomic E-state index is -0.758. The summed E-state index contributed by atoms with van der Waals surface area (Å²) in [5.41, 5.74) is 5.78. The van der Waals surface area contributed by atoms with Crippen LogP contribution in [0.5, 0.6) is 5.88 Å². The third-order valence-corrected chi connectivity index (χ3v) is 3.49. The van der Waals surface area contributed by atoms with Crippen molar-refractivity contribution in [2.24, 2.45) is 11.1 Å². The molecule has 0 radical (unpaired) electrons. The van der Waals surface area contributed by atoms with Gasteiger partial charge in [-0.05, 0) is 20.8 Å². The van der Waals surface area contributed by atoms with E-state index in [-0.39, 0.29) is 5.38 Å². The number of imidazole rings is 1. The number of alkyl halides is 1. The lowest BCUT2D eigenvalue weighted by atomic mass is 9.92. The van der Waals surface area contributed by atoms with Gasteiger partial charge in [0, 0.05) is 6.54 Å². The number of rotatable bonds is 5. The molecule has 0 bridgehead atoms. The Morgan fingerprint density at radius 2 is 2.19 bits per heavy atom. The molecule has 2 aromatic rings. The van der Waals surface area contributed by atoms with Crippen molar-refractivity contribution in [3.8, 4) is 5.88 Å². The van der Waals surface area contributed by atoms with Crippen molar-refractivity contribution in [1.82, 2.24) is 19.5 Å². The Hall–Kier alpha value is -1.89. The van der Waals surface area contributed by atoms with E-state index >= 15 is 0 Å². The fourth-order valence-corrected chi connectivity index (χ4v) is 2.18. The van der Waals surface area contributed by atoms with Gasteiger partial charge in [0.05, 0.1) is 17.9 Å². The summed E-state index contributed by atoms with van der Waals surface area (Å²) in [7, 11) is 1.51. The predicted octanol–water partition coefficient (Wildman–Crippen LogP) is 1.65. The summed E-state index contributed by atoms with van der Waals surface area (Å²) in [6, 6.07) is 0. The first-order valence-corrected chi connectivity index (χ1v) is 6.90. The second-order valence-corrected chi connectivity index (χ2v) is 6.13. The van der Waals surface area contributed by atoms with Crippen LogP contribution in [0.2, 0.25) is 0 Å². The van der Waals surface area contributed by atoms with Gasteiger partial charge in [-0.1, -0.05) is 0 Å². The normalized spacial score (nSPS) is 13.4. The van der Waals surface area contributed by atoms with E-state index in [0.717, 1.165) is 0 Å². The minimum Gasteiger partial charge on any atom is -0.479 e. The van der Waals surface area contributed by atoms with Crippen LogP contribution in [0.1, 0.15) is 32.0 Å².